The van der Waals surface area contributed by atoms with Gasteiger partial charge in [0.05, 0.1) is 0 Å². The molecule has 0 aromatic heterocycles. The van der Waals surface area contributed by atoms with E-state index in [1.165, 1.54) is 199 Å². The highest BCUT2D eigenvalue weighted by atomic mass is 15.4. The second kappa shape index (κ2) is 28.9. The molecule has 1 unspecified atom stereocenters. The Morgan fingerprint density at radius 3 is 0.897 bits per heavy atom. The predicted molar refractivity (Wildman–Crippen MR) is 177 cm³/mol. The molecule has 0 aromatic rings. The first-order chi connectivity index (χ1) is 19.3. The SMILES string of the molecule is CCCCCCCCCCCCCCCCN1C=CN(CCCCCCCCCCCC)C1CCCCCC. The van der Waals surface area contributed by atoms with Crippen molar-refractivity contribution in [3.63, 3.8) is 0 Å². The molecule has 0 saturated heterocycles. The van der Waals surface area contributed by atoms with Crippen LogP contribution in [0.5, 0.6) is 0 Å². The Hall–Kier alpha value is -0.660. The average Bonchev–Trinajstić information content (AvgIpc) is 3.33. The summed E-state index contributed by atoms with van der Waals surface area (Å²) in [7, 11) is 0. The molecule has 232 valence electrons. The Morgan fingerprint density at radius 2 is 0.590 bits per heavy atom. The maximum Gasteiger partial charge on any atom is 0.101 e. The molecule has 0 spiro atoms. The van der Waals surface area contributed by atoms with Crippen LogP contribution in [0.4, 0.5) is 0 Å². The molecule has 0 amide bonds. The fraction of sp³-hybridized carbons (Fsp3) is 0.946. The van der Waals surface area contributed by atoms with Gasteiger partial charge in [0, 0.05) is 25.5 Å². The largest absolute Gasteiger partial charge is 0.356 e. The zero-order valence-corrected chi connectivity index (χ0v) is 27.5. The predicted octanol–water partition coefficient (Wildman–Crippen LogP) is 12.8. The molecule has 1 aliphatic rings. The number of rotatable bonds is 31. The molecule has 0 aliphatic carbocycles. The zero-order valence-electron chi connectivity index (χ0n) is 27.5. The molecule has 2 nitrogen and oxygen atoms in total. The molecule has 1 aliphatic heterocycles. The average molecular weight is 547 g/mol. The second-order valence-corrected chi connectivity index (χ2v) is 12.9. The lowest BCUT2D eigenvalue weighted by molar-refractivity contribution is 0.135. The topological polar surface area (TPSA) is 6.48 Å². The normalized spacial score (nSPS) is 15.2. The van der Waals surface area contributed by atoms with Gasteiger partial charge in [0.15, 0.2) is 0 Å². The van der Waals surface area contributed by atoms with Crippen LogP contribution in [-0.4, -0.2) is 29.1 Å². The maximum atomic E-state index is 2.70. The van der Waals surface area contributed by atoms with Crippen molar-refractivity contribution in [2.24, 2.45) is 0 Å². The summed E-state index contributed by atoms with van der Waals surface area (Å²) in [6.45, 7) is 9.48. The van der Waals surface area contributed by atoms with Gasteiger partial charge in [-0.1, -0.05) is 181 Å². The van der Waals surface area contributed by atoms with Crippen molar-refractivity contribution >= 4 is 0 Å². The third-order valence-corrected chi connectivity index (χ3v) is 9.07. The molecule has 1 rings (SSSR count). The van der Waals surface area contributed by atoms with Gasteiger partial charge in [-0.3, -0.25) is 0 Å². The Morgan fingerprint density at radius 1 is 0.333 bits per heavy atom. The van der Waals surface area contributed by atoms with E-state index in [0.717, 1.165) is 0 Å². The minimum atomic E-state index is 0.641. The lowest BCUT2D eigenvalue weighted by Crippen LogP contribution is -2.39. The molecular formula is C37H74N2. The molecular weight excluding hydrogens is 472 g/mol. The summed E-state index contributed by atoms with van der Waals surface area (Å²) >= 11 is 0. The van der Waals surface area contributed by atoms with E-state index in [0.29, 0.717) is 6.17 Å². The lowest BCUT2D eigenvalue weighted by Gasteiger charge is -2.33. The van der Waals surface area contributed by atoms with E-state index < -0.39 is 0 Å². The van der Waals surface area contributed by atoms with Crippen molar-refractivity contribution in [2.75, 3.05) is 13.1 Å². The summed E-state index contributed by atoms with van der Waals surface area (Å²) in [4.78, 5) is 5.39. The Kier molecular flexibility index (Phi) is 26.9. The molecule has 0 radical (unpaired) electrons. The highest BCUT2D eigenvalue weighted by Gasteiger charge is 2.24. The highest BCUT2D eigenvalue weighted by molar-refractivity contribution is 4.97. The molecule has 0 saturated carbocycles. The van der Waals surface area contributed by atoms with Gasteiger partial charge in [0.2, 0.25) is 0 Å². The van der Waals surface area contributed by atoms with Gasteiger partial charge >= 0.3 is 0 Å². The van der Waals surface area contributed by atoms with Crippen LogP contribution in [0.2, 0.25) is 0 Å². The first kappa shape index (κ1) is 36.4. The summed E-state index contributed by atoms with van der Waals surface area (Å²) in [5, 5.41) is 0. The molecule has 0 fully saturated rings. The Bertz CT molecular complexity index is 502. The number of hydrogen-bond acceptors (Lipinski definition) is 2. The van der Waals surface area contributed by atoms with E-state index in [9.17, 15) is 0 Å². The van der Waals surface area contributed by atoms with E-state index in [-0.39, 0.29) is 0 Å². The van der Waals surface area contributed by atoms with E-state index >= 15 is 0 Å². The van der Waals surface area contributed by atoms with Gasteiger partial charge in [0.25, 0.3) is 0 Å². The number of unbranched alkanes of at least 4 members (excludes halogenated alkanes) is 25. The van der Waals surface area contributed by atoms with Crippen molar-refractivity contribution in [3.8, 4) is 0 Å². The molecule has 0 bridgehead atoms. The quantitative estimate of drug-likeness (QED) is 0.0798. The van der Waals surface area contributed by atoms with Gasteiger partial charge in [0.1, 0.15) is 6.17 Å². The van der Waals surface area contributed by atoms with Gasteiger partial charge in [-0.2, -0.15) is 0 Å². The van der Waals surface area contributed by atoms with Crippen LogP contribution in [0.3, 0.4) is 0 Å². The molecule has 0 N–H and O–H groups in total. The van der Waals surface area contributed by atoms with Crippen molar-refractivity contribution in [1.29, 1.82) is 0 Å². The third kappa shape index (κ3) is 21.7. The summed E-state index contributed by atoms with van der Waals surface area (Å²) in [6.07, 6.45) is 47.0. The first-order valence-corrected chi connectivity index (χ1v) is 18.5. The van der Waals surface area contributed by atoms with Crippen LogP contribution in [0, 0.1) is 0 Å². The van der Waals surface area contributed by atoms with Crippen LogP contribution in [-0.2, 0) is 0 Å². The first-order valence-electron chi connectivity index (χ1n) is 18.5. The smallest absolute Gasteiger partial charge is 0.101 e. The van der Waals surface area contributed by atoms with Crippen molar-refractivity contribution in [3.05, 3.63) is 12.4 Å². The van der Waals surface area contributed by atoms with Crippen LogP contribution in [0.1, 0.15) is 207 Å². The van der Waals surface area contributed by atoms with Crippen molar-refractivity contribution < 1.29 is 0 Å². The number of hydrogen-bond donors (Lipinski definition) is 0. The summed E-state index contributed by atoms with van der Waals surface area (Å²) in [6, 6.07) is 0. The molecule has 1 atom stereocenters. The van der Waals surface area contributed by atoms with Crippen LogP contribution in [0.25, 0.3) is 0 Å². The fourth-order valence-electron chi connectivity index (χ4n) is 6.36. The zero-order chi connectivity index (χ0) is 28.1. The monoisotopic (exact) mass is 547 g/mol. The Balaban J connectivity index is 2.10. The molecule has 1 heterocycles. The Labute approximate surface area is 248 Å². The lowest BCUT2D eigenvalue weighted by atomic mass is 10.0. The van der Waals surface area contributed by atoms with Gasteiger partial charge in [-0.05, 0) is 25.7 Å². The van der Waals surface area contributed by atoms with E-state index in [2.05, 4.69) is 43.0 Å². The summed E-state index contributed by atoms with van der Waals surface area (Å²) in [5.41, 5.74) is 0. The van der Waals surface area contributed by atoms with Gasteiger partial charge in [-0.15, -0.1) is 0 Å². The van der Waals surface area contributed by atoms with E-state index in [1.54, 1.807) is 0 Å². The molecule has 39 heavy (non-hydrogen) atoms. The summed E-state index contributed by atoms with van der Waals surface area (Å²) in [5.74, 6) is 0. The van der Waals surface area contributed by atoms with E-state index in [4.69, 9.17) is 0 Å². The second-order valence-electron chi connectivity index (χ2n) is 12.9. The van der Waals surface area contributed by atoms with Gasteiger partial charge in [-0.25, -0.2) is 0 Å². The minimum Gasteiger partial charge on any atom is -0.356 e. The minimum absolute atomic E-state index is 0.641. The summed E-state index contributed by atoms with van der Waals surface area (Å²) < 4.78 is 0. The van der Waals surface area contributed by atoms with Gasteiger partial charge < -0.3 is 9.80 Å². The van der Waals surface area contributed by atoms with Crippen LogP contribution < -0.4 is 0 Å². The van der Waals surface area contributed by atoms with Crippen LogP contribution in [0.15, 0.2) is 12.4 Å². The van der Waals surface area contributed by atoms with E-state index in [1.807, 2.05) is 0 Å². The molecule has 2 heteroatoms. The maximum absolute atomic E-state index is 2.70. The van der Waals surface area contributed by atoms with Crippen molar-refractivity contribution in [2.45, 2.75) is 213 Å². The standard InChI is InChI=1S/C37H74N2/c1-4-7-10-13-15-17-19-20-21-22-24-26-28-31-34-39-36-35-38(37(39)32-29-12-9-6-3)33-30-27-25-23-18-16-14-11-8-5-2/h35-37H,4-34H2,1-3H3. The highest BCUT2D eigenvalue weighted by Crippen LogP contribution is 2.24. The van der Waals surface area contributed by atoms with Crippen molar-refractivity contribution in [1.82, 2.24) is 9.80 Å². The third-order valence-electron chi connectivity index (χ3n) is 9.07. The van der Waals surface area contributed by atoms with Crippen LogP contribution >= 0.6 is 0 Å². The molecule has 0 aromatic carbocycles. The number of nitrogens with zero attached hydrogens (tertiary/aromatic N) is 2. The fourth-order valence-corrected chi connectivity index (χ4v) is 6.36.